The highest BCUT2D eigenvalue weighted by Crippen LogP contribution is 2.18. The van der Waals surface area contributed by atoms with Gasteiger partial charge in [-0.1, -0.05) is 19.1 Å². The van der Waals surface area contributed by atoms with E-state index in [0.29, 0.717) is 0 Å². The summed E-state index contributed by atoms with van der Waals surface area (Å²) < 4.78 is 1.91. The summed E-state index contributed by atoms with van der Waals surface area (Å²) in [6.07, 6.45) is 2.63. The number of imidazole rings is 1. The second-order valence-electron chi connectivity index (χ2n) is 5.54. The molecule has 1 unspecified atom stereocenters. The zero-order valence-corrected chi connectivity index (χ0v) is 12.0. The molecule has 1 aromatic heterocycles. The van der Waals surface area contributed by atoms with E-state index in [9.17, 15) is 4.79 Å². The summed E-state index contributed by atoms with van der Waals surface area (Å²) in [5, 5.41) is 3.07. The van der Waals surface area contributed by atoms with Gasteiger partial charge in [-0.25, -0.2) is 4.98 Å². The molecule has 0 spiro atoms. The zero-order valence-electron chi connectivity index (χ0n) is 12.0. The Hall–Kier alpha value is -1.84. The van der Waals surface area contributed by atoms with Gasteiger partial charge in [0, 0.05) is 5.54 Å². The first-order valence-corrected chi connectivity index (χ1v) is 6.68. The van der Waals surface area contributed by atoms with E-state index in [1.54, 1.807) is 6.33 Å². The minimum Gasteiger partial charge on any atom is -0.349 e. The summed E-state index contributed by atoms with van der Waals surface area (Å²) in [6, 6.07) is 7.58. The quantitative estimate of drug-likeness (QED) is 0.917. The van der Waals surface area contributed by atoms with Crippen LogP contribution in [0.5, 0.6) is 0 Å². The van der Waals surface area contributed by atoms with Crippen molar-refractivity contribution in [1.82, 2.24) is 14.9 Å². The number of carbonyl (C=O) groups is 1. The fourth-order valence-electron chi connectivity index (χ4n) is 1.94. The van der Waals surface area contributed by atoms with Gasteiger partial charge in [0.2, 0.25) is 5.91 Å². The van der Waals surface area contributed by atoms with Crippen molar-refractivity contribution in [3.63, 3.8) is 0 Å². The predicted octanol–water partition coefficient (Wildman–Crippen LogP) is 2.90. The molecule has 0 aliphatic rings. The lowest BCUT2D eigenvalue weighted by Crippen LogP contribution is -2.45. The van der Waals surface area contributed by atoms with Crippen LogP contribution >= 0.6 is 0 Å². The lowest BCUT2D eigenvalue weighted by molar-refractivity contribution is -0.125. The summed E-state index contributed by atoms with van der Waals surface area (Å²) in [6.45, 7) is 8.03. The van der Waals surface area contributed by atoms with E-state index < -0.39 is 0 Å². The fraction of sp³-hybridized carbons (Fsp3) is 0.467. The maximum Gasteiger partial charge on any atom is 0.243 e. The highest BCUT2D eigenvalue weighted by atomic mass is 16.2. The lowest BCUT2D eigenvalue weighted by Gasteiger charge is -2.27. The number of para-hydroxylation sites is 2. The van der Waals surface area contributed by atoms with Crippen LogP contribution in [0, 0.1) is 0 Å². The van der Waals surface area contributed by atoms with E-state index in [2.05, 4.69) is 17.2 Å². The predicted molar refractivity (Wildman–Crippen MR) is 77.0 cm³/mol. The van der Waals surface area contributed by atoms with Crippen molar-refractivity contribution in [2.24, 2.45) is 0 Å². The Morgan fingerprint density at radius 1 is 1.42 bits per heavy atom. The van der Waals surface area contributed by atoms with Crippen molar-refractivity contribution >= 4 is 16.9 Å². The number of amides is 1. The number of rotatable bonds is 4. The van der Waals surface area contributed by atoms with Crippen molar-refractivity contribution < 1.29 is 4.79 Å². The second-order valence-corrected chi connectivity index (χ2v) is 5.54. The molecular weight excluding hydrogens is 238 g/mol. The monoisotopic (exact) mass is 259 g/mol. The molecule has 0 radical (unpaired) electrons. The summed E-state index contributed by atoms with van der Waals surface area (Å²) >= 11 is 0. The van der Waals surface area contributed by atoms with Gasteiger partial charge >= 0.3 is 0 Å². The molecule has 2 aromatic rings. The average Bonchev–Trinajstić information content (AvgIpc) is 2.81. The summed E-state index contributed by atoms with van der Waals surface area (Å²) in [5.41, 5.74) is 1.72. The summed E-state index contributed by atoms with van der Waals surface area (Å²) in [5.74, 6) is 0.0232. The third kappa shape index (κ3) is 2.78. The molecular formula is C15H21N3O. The number of hydrogen-bond acceptors (Lipinski definition) is 2. The van der Waals surface area contributed by atoms with Crippen molar-refractivity contribution in [2.45, 2.75) is 45.7 Å². The molecule has 102 valence electrons. The number of nitrogens with one attached hydrogen (secondary N) is 1. The molecule has 0 aliphatic carbocycles. The minimum absolute atomic E-state index is 0.0232. The van der Waals surface area contributed by atoms with Crippen molar-refractivity contribution in [3.05, 3.63) is 30.6 Å². The van der Waals surface area contributed by atoms with E-state index in [1.807, 2.05) is 49.6 Å². The topological polar surface area (TPSA) is 46.9 Å². The maximum atomic E-state index is 12.3. The maximum absolute atomic E-state index is 12.3. The molecule has 0 bridgehead atoms. The first kappa shape index (κ1) is 13.6. The van der Waals surface area contributed by atoms with Crippen LogP contribution in [0.25, 0.3) is 11.0 Å². The Morgan fingerprint density at radius 2 is 2.11 bits per heavy atom. The SMILES string of the molecule is CCC(C)(C)NC(=O)C(C)n1cnc2ccccc21. The molecule has 1 N–H and O–H groups in total. The second kappa shape index (κ2) is 5.03. The number of fused-ring (bicyclic) bond motifs is 1. The highest BCUT2D eigenvalue weighted by molar-refractivity contribution is 5.84. The third-order valence-electron chi connectivity index (χ3n) is 3.62. The molecule has 1 aromatic carbocycles. The summed E-state index contributed by atoms with van der Waals surface area (Å²) in [4.78, 5) is 16.6. The van der Waals surface area contributed by atoms with Crippen LogP contribution in [0.1, 0.15) is 40.2 Å². The molecule has 0 aliphatic heterocycles. The number of hydrogen-bond donors (Lipinski definition) is 1. The Kier molecular flexibility index (Phi) is 3.60. The Balaban J connectivity index is 2.24. The smallest absolute Gasteiger partial charge is 0.243 e. The Morgan fingerprint density at radius 3 is 2.79 bits per heavy atom. The van der Waals surface area contributed by atoms with E-state index in [0.717, 1.165) is 17.5 Å². The van der Waals surface area contributed by atoms with Crippen LogP contribution < -0.4 is 5.32 Å². The molecule has 4 heteroatoms. The lowest BCUT2D eigenvalue weighted by atomic mass is 10.0. The summed E-state index contributed by atoms with van der Waals surface area (Å²) in [7, 11) is 0. The standard InChI is InChI=1S/C15H21N3O/c1-5-15(3,4)17-14(19)11(2)18-10-16-12-8-6-7-9-13(12)18/h6-11H,5H2,1-4H3,(H,17,19). The van der Waals surface area contributed by atoms with Crippen LogP contribution in [0.15, 0.2) is 30.6 Å². The zero-order chi connectivity index (χ0) is 14.0. The highest BCUT2D eigenvalue weighted by Gasteiger charge is 2.23. The molecule has 0 fully saturated rings. The van der Waals surface area contributed by atoms with Gasteiger partial charge in [0.25, 0.3) is 0 Å². The van der Waals surface area contributed by atoms with E-state index in [4.69, 9.17) is 0 Å². The van der Waals surface area contributed by atoms with E-state index >= 15 is 0 Å². The molecule has 1 heterocycles. The molecule has 1 atom stereocenters. The van der Waals surface area contributed by atoms with Crippen molar-refractivity contribution in [3.8, 4) is 0 Å². The van der Waals surface area contributed by atoms with Gasteiger partial charge in [-0.2, -0.15) is 0 Å². The van der Waals surface area contributed by atoms with Gasteiger partial charge in [0.1, 0.15) is 6.04 Å². The van der Waals surface area contributed by atoms with Crippen LogP contribution in [-0.2, 0) is 4.79 Å². The number of nitrogens with zero attached hydrogens (tertiary/aromatic N) is 2. The molecule has 0 saturated heterocycles. The third-order valence-corrected chi connectivity index (χ3v) is 3.62. The van der Waals surface area contributed by atoms with Gasteiger partial charge in [0.05, 0.1) is 17.4 Å². The first-order chi connectivity index (χ1) is 8.94. The van der Waals surface area contributed by atoms with Gasteiger partial charge in [0.15, 0.2) is 0 Å². The van der Waals surface area contributed by atoms with Crippen LogP contribution in [0.4, 0.5) is 0 Å². The molecule has 2 rings (SSSR count). The Labute approximate surface area is 113 Å². The normalized spacial score (nSPS) is 13.5. The number of carbonyl (C=O) groups excluding carboxylic acids is 1. The fourth-order valence-corrected chi connectivity index (χ4v) is 1.94. The molecule has 19 heavy (non-hydrogen) atoms. The van der Waals surface area contributed by atoms with Gasteiger partial charge in [-0.05, 0) is 39.3 Å². The van der Waals surface area contributed by atoms with Gasteiger partial charge < -0.3 is 9.88 Å². The first-order valence-electron chi connectivity index (χ1n) is 6.68. The van der Waals surface area contributed by atoms with Crippen LogP contribution in [0.2, 0.25) is 0 Å². The van der Waals surface area contributed by atoms with Crippen molar-refractivity contribution in [2.75, 3.05) is 0 Å². The van der Waals surface area contributed by atoms with E-state index in [1.165, 1.54) is 0 Å². The molecule has 0 saturated carbocycles. The largest absolute Gasteiger partial charge is 0.349 e. The van der Waals surface area contributed by atoms with E-state index in [-0.39, 0.29) is 17.5 Å². The van der Waals surface area contributed by atoms with Gasteiger partial charge in [-0.15, -0.1) is 0 Å². The van der Waals surface area contributed by atoms with Crippen molar-refractivity contribution in [1.29, 1.82) is 0 Å². The van der Waals surface area contributed by atoms with Crippen LogP contribution in [-0.4, -0.2) is 21.0 Å². The van der Waals surface area contributed by atoms with Gasteiger partial charge in [-0.3, -0.25) is 4.79 Å². The minimum atomic E-state index is -0.266. The Bertz CT molecular complexity index is 586. The number of aromatic nitrogens is 2. The number of benzene rings is 1. The average molecular weight is 259 g/mol. The molecule has 4 nitrogen and oxygen atoms in total. The van der Waals surface area contributed by atoms with Crippen LogP contribution in [0.3, 0.4) is 0 Å². The molecule has 1 amide bonds.